The maximum Gasteiger partial charge on any atom is 0.242 e. The van der Waals surface area contributed by atoms with E-state index < -0.39 is 5.41 Å². The van der Waals surface area contributed by atoms with Gasteiger partial charge >= 0.3 is 0 Å². The summed E-state index contributed by atoms with van der Waals surface area (Å²) in [6.45, 7) is 3.92. The molecule has 96 valence electrons. The predicted molar refractivity (Wildman–Crippen MR) is 71.9 cm³/mol. The molecule has 0 fully saturated rings. The first kappa shape index (κ1) is 14.5. The Hall–Kier alpha value is -1.53. The van der Waals surface area contributed by atoms with Crippen molar-refractivity contribution in [1.29, 1.82) is 5.26 Å². The second-order valence-electron chi connectivity index (χ2n) is 4.55. The SMILES string of the molecule is CCC(C)(C#N)C(=O)N(C)Cc1ccccc1Cl. The molecular weight excluding hydrogens is 248 g/mol. The zero-order valence-corrected chi connectivity index (χ0v) is 11.7. The summed E-state index contributed by atoms with van der Waals surface area (Å²) in [6, 6.07) is 9.48. The fourth-order valence-corrected chi connectivity index (χ4v) is 1.85. The van der Waals surface area contributed by atoms with Crippen molar-refractivity contribution < 1.29 is 4.79 Å². The van der Waals surface area contributed by atoms with E-state index in [1.807, 2.05) is 25.1 Å². The third-order valence-electron chi connectivity index (χ3n) is 3.14. The number of carbonyl (C=O) groups excluding carboxylic acids is 1. The highest BCUT2D eigenvalue weighted by molar-refractivity contribution is 6.31. The topological polar surface area (TPSA) is 44.1 Å². The number of amides is 1. The summed E-state index contributed by atoms with van der Waals surface area (Å²) in [7, 11) is 1.69. The summed E-state index contributed by atoms with van der Waals surface area (Å²) in [5.74, 6) is -0.174. The van der Waals surface area contributed by atoms with Gasteiger partial charge in [-0.15, -0.1) is 0 Å². The molecule has 0 spiro atoms. The molecular formula is C14H17ClN2O. The van der Waals surface area contributed by atoms with Gasteiger partial charge in [-0.3, -0.25) is 4.79 Å². The number of benzene rings is 1. The number of hydrogen-bond donors (Lipinski definition) is 0. The summed E-state index contributed by atoms with van der Waals surface area (Å²) in [5.41, 5.74) is -0.0814. The summed E-state index contributed by atoms with van der Waals surface area (Å²) in [5, 5.41) is 9.73. The molecule has 3 nitrogen and oxygen atoms in total. The Morgan fingerprint density at radius 3 is 2.61 bits per heavy atom. The van der Waals surface area contributed by atoms with Gasteiger partial charge in [0.2, 0.25) is 5.91 Å². The molecule has 0 aliphatic heterocycles. The minimum absolute atomic E-state index is 0.174. The van der Waals surface area contributed by atoms with Crippen molar-refractivity contribution in [2.45, 2.75) is 26.8 Å². The van der Waals surface area contributed by atoms with E-state index in [-0.39, 0.29) is 5.91 Å². The van der Waals surface area contributed by atoms with E-state index in [1.54, 1.807) is 24.9 Å². The lowest BCUT2D eigenvalue weighted by molar-refractivity contribution is -0.137. The molecule has 1 aromatic rings. The van der Waals surface area contributed by atoms with E-state index in [2.05, 4.69) is 6.07 Å². The lowest BCUT2D eigenvalue weighted by Crippen LogP contribution is -2.38. The van der Waals surface area contributed by atoms with Crippen molar-refractivity contribution in [3.63, 3.8) is 0 Å². The Kier molecular flexibility index (Phi) is 4.75. The first-order valence-electron chi connectivity index (χ1n) is 5.85. The van der Waals surface area contributed by atoms with Crippen molar-refractivity contribution in [3.05, 3.63) is 34.9 Å². The van der Waals surface area contributed by atoms with Crippen molar-refractivity contribution in [3.8, 4) is 6.07 Å². The molecule has 1 aromatic carbocycles. The molecule has 1 unspecified atom stereocenters. The maximum absolute atomic E-state index is 12.2. The van der Waals surface area contributed by atoms with Crippen molar-refractivity contribution in [2.24, 2.45) is 5.41 Å². The summed E-state index contributed by atoms with van der Waals surface area (Å²) in [6.07, 6.45) is 0.495. The zero-order chi connectivity index (χ0) is 13.8. The van der Waals surface area contributed by atoms with Gasteiger partial charge < -0.3 is 4.90 Å². The Morgan fingerprint density at radius 2 is 2.11 bits per heavy atom. The van der Waals surface area contributed by atoms with Crippen LogP contribution in [0.15, 0.2) is 24.3 Å². The van der Waals surface area contributed by atoms with E-state index in [4.69, 9.17) is 16.9 Å². The second-order valence-corrected chi connectivity index (χ2v) is 4.96. The van der Waals surface area contributed by atoms with E-state index in [0.717, 1.165) is 5.56 Å². The van der Waals surface area contributed by atoms with Crippen molar-refractivity contribution >= 4 is 17.5 Å². The van der Waals surface area contributed by atoms with Crippen LogP contribution in [0.1, 0.15) is 25.8 Å². The van der Waals surface area contributed by atoms with E-state index >= 15 is 0 Å². The van der Waals surface area contributed by atoms with Crippen LogP contribution in [0.5, 0.6) is 0 Å². The average Bonchev–Trinajstić information content (AvgIpc) is 2.39. The summed E-state index contributed by atoms with van der Waals surface area (Å²) in [4.78, 5) is 13.8. The van der Waals surface area contributed by atoms with Crippen LogP contribution in [0.25, 0.3) is 0 Å². The second kappa shape index (κ2) is 5.88. The molecule has 0 aliphatic rings. The molecule has 1 atom stereocenters. The minimum Gasteiger partial charge on any atom is -0.340 e. The van der Waals surface area contributed by atoms with Crippen LogP contribution in [-0.4, -0.2) is 17.9 Å². The Bertz CT molecular complexity index is 481. The normalized spacial score (nSPS) is 13.5. The van der Waals surface area contributed by atoms with Gasteiger partial charge in [0, 0.05) is 18.6 Å². The van der Waals surface area contributed by atoms with Gasteiger partial charge in [0.05, 0.1) is 6.07 Å². The summed E-state index contributed by atoms with van der Waals surface area (Å²) < 4.78 is 0. The smallest absolute Gasteiger partial charge is 0.242 e. The van der Waals surface area contributed by atoms with E-state index in [0.29, 0.717) is 18.0 Å². The number of nitriles is 1. The van der Waals surface area contributed by atoms with Crippen molar-refractivity contribution in [1.82, 2.24) is 4.90 Å². The number of nitrogens with zero attached hydrogens (tertiary/aromatic N) is 2. The van der Waals surface area contributed by atoms with Crippen molar-refractivity contribution in [2.75, 3.05) is 7.05 Å². The molecule has 0 aliphatic carbocycles. The molecule has 0 saturated carbocycles. The van der Waals surface area contributed by atoms with Gasteiger partial charge in [-0.2, -0.15) is 5.26 Å². The maximum atomic E-state index is 12.2. The largest absolute Gasteiger partial charge is 0.340 e. The van der Waals surface area contributed by atoms with Crippen LogP contribution in [0.2, 0.25) is 5.02 Å². The van der Waals surface area contributed by atoms with Crippen LogP contribution in [0, 0.1) is 16.7 Å². The number of hydrogen-bond acceptors (Lipinski definition) is 2. The standard InChI is InChI=1S/C14H17ClN2O/c1-4-14(2,10-16)13(18)17(3)9-11-7-5-6-8-12(11)15/h5-8H,4,9H2,1-3H3. The Labute approximate surface area is 113 Å². The fourth-order valence-electron chi connectivity index (χ4n) is 1.65. The monoisotopic (exact) mass is 264 g/mol. The van der Waals surface area contributed by atoms with Crippen LogP contribution >= 0.6 is 11.6 Å². The molecule has 0 saturated heterocycles. The third kappa shape index (κ3) is 3.02. The first-order valence-corrected chi connectivity index (χ1v) is 6.22. The Balaban J connectivity index is 2.85. The van der Waals surface area contributed by atoms with Crippen LogP contribution in [-0.2, 0) is 11.3 Å². The highest BCUT2D eigenvalue weighted by atomic mass is 35.5. The van der Waals surface area contributed by atoms with Gasteiger partial charge in [-0.25, -0.2) is 0 Å². The van der Waals surface area contributed by atoms with Gasteiger partial charge in [-0.05, 0) is 25.0 Å². The number of rotatable bonds is 4. The molecule has 0 radical (unpaired) electrons. The average molecular weight is 265 g/mol. The number of halogens is 1. The van der Waals surface area contributed by atoms with E-state index in [1.165, 1.54) is 0 Å². The Morgan fingerprint density at radius 1 is 1.50 bits per heavy atom. The van der Waals surface area contributed by atoms with E-state index in [9.17, 15) is 4.79 Å². The first-order chi connectivity index (χ1) is 8.44. The lowest BCUT2D eigenvalue weighted by Gasteiger charge is -2.26. The van der Waals surface area contributed by atoms with Gasteiger partial charge in [0.1, 0.15) is 5.41 Å². The van der Waals surface area contributed by atoms with Gasteiger partial charge in [0.25, 0.3) is 0 Å². The number of carbonyl (C=O) groups is 1. The minimum atomic E-state index is -0.962. The highest BCUT2D eigenvalue weighted by Crippen LogP contribution is 2.24. The predicted octanol–water partition coefficient (Wildman–Crippen LogP) is 3.24. The fraction of sp³-hybridized carbons (Fsp3) is 0.429. The third-order valence-corrected chi connectivity index (χ3v) is 3.51. The van der Waals surface area contributed by atoms with Gasteiger partial charge in [-0.1, -0.05) is 36.7 Å². The molecule has 0 heterocycles. The van der Waals surface area contributed by atoms with Gasteiger partial charge in [0.15, 0.2) is 0 Å². The molecule has 1 amide bonds. The molecule has 1 rings (SSSR count). The molecule has 0 bridgehead atoms. The van der Waals surface area contributed by atoms with Crippen LogP contribution < -0.4 is 0 Å². The molecule has 0 aromatic heterocycles. The van der Waals surface area contributed by atoms with Crippen LogP contribution in [0.4, 0.5) is 0 Å². The van der Waals surface area contributed by atoms with Crippen LogP contribution in [0.3, 0.4) is 0 Å². The summed E-state index contributed by atoms with van der Waals surface area (Å²) >= 11 is 6.05. The highest BCUT2D eigenvalue weighted by Gasteiger charge is 2.33. The quantitative estimate of drug-likeness (QED) is 0.838. The molecule has 0 N–H and O–H groups in total. The molecule has 18 heavy (non-hydrogen) atoms. The zero-order valence-electron chi connectivity index (χ0n) is 10.9. The molecule has 4 heteroatoms. The lowest BCUT2D eigenvalue weighted by atomic mass is 9.88.